The summed E-state index contributed by atoms with van der Waals surface area (Å²) < 4.78 is 1.80. The second-order valence-electron chi connectivity index (χ2n) is 4.96. The molecule has 0 unspecified atom stereocenters. The van der Waals surface area contributed by atoms with Gasteiger partial charge in [-0.15, -0.1) is 0 Å². The highest BCUT2D eigenvalue weighted by molar-refractivity contribution is 6.08. The quantitative estimate of drug-likeness (QED) is 0.777. The lowest BCUT2D eigenvalue weighted by molar-refractivity contribution is 0.0955. The van der Waals surface area contributed by atoms with E-state index >= 15 is 0 Å². The van der Waals surface area contributed by atoms with Gasteiger partial charge in [0.2, 0.25) is 0 Å². The lowest BCUT2D eigenvalue weighted by Gasteiger charge is -2.11. The van der Waals surface area contributed by atoms with Crippen LogP contribution in [0.3, 0.4) is 0 Å². The molecule has 6 heteroatoms. The van der Waals surface area contributed by atoms with Gasteiger partial charge in [-0.3, -0.25) is 9.59 Å². The average Bonchev–Trinajstić information content (AvgIpc) is 2.85. The summed E-state index contributed by atoms with van der Waals surface area (Å²) in [5.41, 5.74) is 7.79. The number of anilines is 1. The molecular formula is C16H20N4O2. The molecule has 0 radical (unpaired) electrons. The first-order valence-electron chi connectivity index (χ1n) is 7.05. The number of nitrogens with one attached hydrogen (secondary N) is 2. The molecule has 2 rings (SSSR count). The minimum Gasteiger partial charge on any atom is -0.351 e. The Morgan fingerprint density at radius 2 is 1.86 bits per heavy atom. The highest BCUT2D eigenvalue weighted by Crippen LogP contribution is 2.17. The van der Waals surface area contributed by atoms with E-state index in [0.29, 0.717) is 30.0 Å². The Labute approximate surface area is 129 Å². The molecule has 0 spiro atoms. The minimum absolute atomic E-state index is 0.255. The molecule has 0 bridgehead atoms. The Hall–Kier alpha value is -2.60. The Morgan fingerprint density at radius 1 is 1.14 bits per heavy atom. The van der Waals surface area contributed by atoms with Crippen LogP contribution >= 0.6 is 0 Å². The van der Waals surface area contributed by atoms with Gasteiger partial charge in [-0.05, 0) is 31.2 Å². The van der Waals surface area contributed by atoms with Crippen molar-refractivity contribution in [1.29, 1.82) is 0 Å². The van der Waals surface area contributed by atoms with E-state index < -0.39 is 0 Å². The van der Waals surface area contributed by atoms with Crippen molar-refractivity contribution in [1.82, 2.24) is 9.88 Å². The number of nitrogens with zero attached hydrogens (tertiary/aromatic N) is 1. The number of carbonyl (C=O) groups is 2. The fourth-order valence-corrected chi connectivity index (χ4v) is 2.10. The van der Waals surface area contributed by atoms with Gasteiger partial charge in [0.15, 0.2) is 0 Å². The molecule has 1 aromatic heterocycles. The first-order chi connectivity index (χ1) is 10.5. The molecule has 1 heterocycles. The van der Waals surface area contributed by atoms with E-state index in [2.05, 4.69) is 10.6 Å². The number of rotatable bonds is 5. The van der Waals surface area contributed by atoms with Gasteiger partial charge in [0, 0.05) is 25.8 Å². The summed E-state index contributed by atoms with van der Waals surface area (Å²) in [5, 5.41) is 5.48. The molecular weight excluding hydrogens is 280 g/mol. The number of carbonyl (C=O) groups excluding carboxylic acids is 2. The highest BCUT2D eigenvalue weighted by atomic mass is 16.2. The van der Waals surface area contributed by atoms with E-state index in [4.69, 9.17) is 5.73 Å². The number of hydrogen-bond acceptors (Lipinski definition) is 3. The van der Waals surface area contributed by atoms with Crippen LogP contribution in [0.25, 0.3) is 0 Å². The van der Waals surface area contributed by atoms with Crippen LogP contribution in [0.15, 0.2) is 36.4 Å². The Balaban J connectivity index is 2.21. The SMILES string of the molecule is Cc1ccc(C(=O)Nc2ccccc2C(=O)NCCN)n1C. The Kier molecular flexibility index (Phi) is 4.95. The number of nitrogens with two attached hydrogens (primary N) is 1. The van der Waals surface area contributed by atoms with Crippen LogP contribution in [-0.4, -0.2) is 29.5 Å². The number of benzene rings is 1. The molecule has 2 aromatic rings. The van der Waals surface area contributed by atoms with Crippen LogP contribution < -0.4 is 16.4 Å². The van der Waals surface area contributed by atoms with Gasteiger partial charge in [-0.2, -0.15) is 0 Å². The minimum atomic E-state index is -0.260. The maximum Gasteiger partial charge on any atom is 0.272 e. The summed E-state index contributed by atoms with van der Waals surface area (Å²) >= 11 is 0. The van der Waals surface area contributed by atoms with Gasteiger partial charge >= 0.3 is 0 Å². The molecule has 2 amide bonds. The molecule has 0 fully saturated rings. The van der Waals surface area contributed by atoms with Crippen molar-refractivity contribution < 1.29 is 9.59 Å². The summed E-state index contributed by atoms with van der Waals surface area (Å²) in [5.74, 6) is -0.515. The summed E-state index contributed by atoms with van der Waals surface area (Å²) in [7, 11) is 1.82. The lowest BCUT2D eigenvalue weighted by Crippen LogP contribution is -2.30. The molecule has 116 valence electrons. The van der Waals surface area contributed by atoms with Crippen molar-refractivity contribution in [3.63, 3.8) is 0 Å². The van der Waals surface area contributed by atoms with Crippen molar-refractivity contribution in [3.8, 4) is 0 Å². The molecule has 0 saturated heterocycles. The van der Waals surface area contributed by atoms with Crippen molar-refractivity contribution >= 4 is 17.5 Å². The predicted octanol–water partition coefficient (Wildman–Crippen LogP) is 1.27. The number of aryl methyl sites for hydroxylation is 1. The predicted molar refractivity (Wildman–Crippen MR) is 85.9 cm³/mol. The smallest absolute Gasteiger partial charge is 0.272 e. The highest BCUT2D eigenvalue weighted by Gasteiger charge is 2.15. The van der Waals surface area contributed by atoms with Crippen LogP contribution in [0.1, 0.15) is 26.5 Å². The second-order valence-corrected chi connectivity index (χ2v) is 4.96. The molecule has 0 aliphatic rings. The normalized spacial score (nSPS) is 10.3. The molecule has 6 nitrogen and oxygen atoms in total. The van der Waals surface area contributed by atoms with E-state index in [0.717, 1.165) is 5.69 Å². The summed E-state index contributed by atoms with van der Waals surface area (Å²) in [4.78, 5) is 24.4. The third-order valence-electron chi connectivity index (χ3n) is 3.46. The molecule has 0 saturated carbocycles. The third-order valence-corrected chi connectivity index (χ3v) is 3.46. The maximum absolute atomic E-state index is 12.4. The van der Waals surface area contributed by atoms with Gasteiger partial charge in [0.05, 0.1) is 11.3 Å². The van der Waals surface area contributed by atoms with E-state index in [1.54, 1.807) is 34.9 Å². The largest absolute Gasteiger partial charge is 0.351 e. The zero-order valence-corrected chi connectivity index (χ0v) is 12.7. The van der Waals surface area contributed by atoms with Crippen molar-refractivity contribution in [3.05, 3.63) is 53.3 Å². The van der Waals surface area contributed by atoms with Gasteiger partial charge in [0.1, 0.15) is 5.69 Å². The topological polar surface area (TPSA) is 89.2 Å². The summed E-state index contributed by atoms with van der Waals surface area (Å²) in [6.07, 6.45) is 0. The van der Waals surface area contributed by atoms with Crippen LogP contribution in [0.5, 0.6) is 0 Å². The van der Waals surface area contributed by atoms with Crippen LogP contribution in [0.4, 0.5) is 5.69 Å². The first-order valence-corrected chi connectivity index (χ1v) is 7.05. The molecule has 0 aliphatic carbocycles. The van der Waals surface area contributed by atoms with Crippen molar-refractivity contribution in [2.24, 2.45) is 12.8 Å². The number of para-hydroxylation sites is 1. The summed E-state index contributed by atoms with van der Waals surface area (Å²) in [6.45, 7) is 2.67. The Bertz CT molecular complexity index is 691. The van der Waals surface area contributed by atoms with Crippen LogP contribution in [-0.2, 0) is 7.05 Å². The second kappa shape index (κ2) is 6.91. The van der Waals surface area contributed by atoms with Crippen molar-refractivity contribution in [2.75, 3.05) is 18.4 Å². The molecule has 4 N–H and O–H groups in total. The summed E-state index contributed by atoms with van der Waals surface area (Å²) in [6, 6.07) is 10.5. The third kappa shape index (κ3) is 3.35. The fraction of sp³-hybridized carbons (Fsp3) is 0.250. The van der Waals surface area contributed by atoms with Crippen LogP contribution in [0.2, 0.25) is 0 Å². The molecule has 22 heavy (non-hydrogen) atoms. The number of aromatic nitrogens is 1. The average molecular weight is 300 g/mol. The van der Waals surface area contributed by atoms with Gasteiger partial charge in [0.25, 0.3) is 11.8 Å². The van der Waals surface area contributed by atoms with Gasteiger partial charge in [-0.1, -0.05) is 12.1 Å². The maximum atomic E-state index is 12.4. The zero-order chi connectivity index (χ0) is 16.1. The van der Waals surface area contributed by atoms with Gasteiger partial charge in [-0.25, -0.2) is 0 Å². The van der Waals surface area contributed by atoms with E-state index in [9.17, 15) is 9.59 Å². The fourth-order valence-electron chi connectivity index (χ4n) is 2.10. The van der Waals surface area contributed by atoms with E-state index in [1.165, 1.54) is 0 Å². The monoisotopic (exact) mass is 300 g/mol. The molecule has 1 aromatic carbocycles. The number of amides is 2. The van der Waals surface area contributed by atoms with Gasteiger partial charge < -0.3 is 20.9 Å². The number of hydrogen-bond donors (Lipinski definition) is 3. The van der Waals surface area contributed by atoms with Crippen molar-refractivity contribution in [2.45, 2.75) is 6.92 Å². The standard InChI is InChI=1S/C16H20N4O2/c1-11-7-8-14(20(11)2)16(22)19-13-6-4-3-5-12(13)15(21)18-10-9-17/h3-8H,9-10,17H2,1-2H3,(H,18,21)(H,19,22). The first kappa shape index (κ1) is 15.8. The lowest BCUT2D eigenvalue weighted by atomic mass is 10.1. The Morgan fingerprint density at radius 3 is 2.50 bits per heavy atom. The van der Waals surface area contributed by atoms with E-state index in [1.807, 2.05) is 20.0 Å². The molecule has 0 atom stereocenters. The molecule has 0 aliphatic heterocycles. The van der Waals surface area contributed by atoms with E-state index in [-0.39, 0.29) is 11.8 Å². The van der Waals surface area contributed by atoms with Crippen LogP contribution in [0, 0.1) is 6.92 Å². The zero-order valence-electron chi connectivity index (χ0n) is 12.7.